The van der Waals surface area contributed by atoms with Gasteiger partial charge in [0.1, 0.15) is 5.00 Å². The van der Waals surface area contributed by atoms with Gasteiger partial charge in [-0.2, -0.15) is 5.10 Å². The van der Waals surface area contributed by atoms with Crippen LogP contribution >= 0.6 is 11.3 Å². The topological polar surface area (TPSA) is 117 Å². The van der Waals surface area contributed by atoms with Gasteiger partial charge in [0.25, 0.3) is 11.5 Å². The van der Waals surface area contributed by atoms with Gasteiger partial charge in [0.15, 0.2) is 12.3 Å². The van der Waals surface area contributed by atoms with Gasteiger partial charge in [-0.25, -0.2) is 14.3 Å². The number of nitrogens with one attached hydrogen (secondary N) is 1. The number of esters is 2. The number of ether oxygens (including phenoxy) is 2. The third-order valence-corrected chi connectivity index (χ3v) is 5.66. The molecule has 0 atom stereocenters. The zero-order valence-electron chi connectivity index (χ0n) is 18.8. The van der Waals surface area contributed by atoms with Crippen molar-refractivity contribution in [3.8, 4) is 0 Å². The normalized spacial score (nSPS) is 10.9. The Morgan fingerprint density at radius 2 is 1.82 bits per heavy atom. The molecule has 0 aliphatic rings. The van der Waals surface area contributed by atoms with Gasteiger partial charge in [0.2, 0.25) is 0 Å². The molecule has 0 aliphatic heterocycles. The number of fused-ring (bicyclic) bond motifs is 1. The summed E-state index contributed by atoms with van der Waals surface area (Å²) in [6, 6.07) is 6.54. The number of benzene rings is 1. The molecule has 10 heteroatoms. The van der Waals surface area contributed by atoms with Crippen LogP contribution in [0.5, 0.6) is 0 Å². The fraction of sp³-hybridized carbons (Fsp3) is 0.348. The molecule has 1 amide bonds. The Balaban J connectivity index is 1.75. The van der Waals surface area contributed by atoms with Crippen molar-refractivity contribution >= 4 is 45.0 Å². The van der Waals surface area contributed by atoms with Gasteiger partial charge in [0.05, 0.1) is 17.6 Å². The molecule has 3 aromatic rings. The molecule has 9 nitrogen and oxygen atoms in total. The molecule has 1 aromatic carbocycles. The molecular formula is C23H25N3O6S. The van der Waals surface area contributed by atoms with E-state index in [1.54, 1.807) is 31.2 Å². The highest BCUT2D eigenvalue weighted by Crippen LogP contribution is 2.31. The van der Waals surface area contributed by atoms with E-state index in [9.17, 15) is 19.2 Å². The molecule has 1 N–H and O–H groups in total. The van der Waals surface area contributed by atoms with Gasteiger partial charge < -0.3 is 14.8 Å². The Hall–Kier alpha value is -3.53. The Kier molecular flexibility index (Phi) is 7.59. The summed E-state index contributed by atoms with van der Waals surface area (Å²) in [5.74, 6) is -1.65. The van der Waals surface area contributed by atoms with Crippen LogP contribution in [-0.4, -0.2) is 40.8 Å². The monoisotopic (exact) mass is 471 g/mol. The van der Waals surface area contributed by atoms with E-state index in [1.807, 2.05) is 19.2 Å². The molecule has 0 saturated carbocycles. The SMILES string of the molecule is CCOC(=O)c1c(CC(C)C)csc1NC(=O)COC(=O)c1nn(C)c(=O)c2ccccc12. The van der Waals surface area contributed by atoms with Gasteiger partial charge in [-0.05, 0) is 36.3 Å². The molecule has 0 saturated heterocycles. The molecule has 174 valence electrons. The van der Waals surface area contributed by atoms with Crippen LogP contribution in [0.3, 0.4) is 0 Å². The van der Waals surface area contributed by atoms with Gasteiger partial charge in [-0.1, -0.05) is 32.0 Å². The zero-order chi connectivity index (χ0) is 24.1. The number of amides is 1. The number of anilines is 1. The van der Waals surface area contributed by atoms with Crippen molar-refractivity contribution in [1.82, 2.24) is 9.78 Å². The molecule has 2 aromatic heterocycles. The van der Waals surface area contributed by atoms with Crippen LogP contribution in [0.4, 0.5) is 5.00 Å². The highest BCUT2D eigenvalue weighted by molar-refractivity contribution is 7.15. The lowest BCUT2D eigenvalue weighted by molar-refractivity contribution is -0.119. The maximum atomic E-state index is 12.6. The maximum Gasteiger partial charge on any atom is 0.359 e. The highest BCUT2D eigenvalue weighted by atomic mass is 32.1. The first-order chi connectivity index (χ1) is 15.7. The van der Waals surface area contributed by atoms with E-state index in [-0.39, 0.29) is 17.9 Å². The number of rotatable bonds is 8. The quantitative estimate of drug-likeness (QED) is 0.502. The number of nitrogens with zero attached hydrogens (tertiary/aromatic N) is 2. The van der Waals surface area contributed by atoms with Crippen molar-refractivity contribution in [2.75, 3.05) is 18.5 Å². The third-order valence-electron chi connectivity index (χ3n) is 4.71. The van der Waals surface area contributed by atoms with Gasteiger partial charge in [-0.15, -0.1) is 11.3 Å². The standard InChI is InChI=1S/C23H25N3O6S/c1-5-31-22(29)18-14(10-13(2)3)12-33-20(18)24-17(27)11-32-23(30)19-15-8-6-7-9-16(15)21(28)26(4)25-19/h6-9,12-13H,5,10-11H2,1-4H3,(H,24,27). The van der Waals surface area contributed by atoms with Crippen molar-refractivity contribution in [1.29, 1.82) is 0 Å². The number of aryl methyl sites for hydroxylation is 1. The predicted molar refractivity (Wildman–Crippen MR) is 125 cm³/mol. The maximum absolute atomic E-state index is 12.6. The first-order valence-electron chi connectivity index (χ1n) is 10.4. The van der Waals surface area contributed by atoms with Crippen LogP contribution in [0.15, 0.2) is 34.4 Å². The Morgan fingerprint density at radius 1 is 1.12 bits per heavy atom. The Labute approximate surface area is 194 Å². The van der Waals surface area contributed by atoms with Crippen LogP contribution in [0.2, 0.25) is 0 Å². The first-order valence-corrected chi connectivity index (χ1v) is 11.3. The van der Waals surface area contributed by atoms with Gasteiger partial charge in [0, 0.05) is 12.4 Å². The Morgan fingerprint density at radius 3 is 2.48 bits per heavy atom. The second kappa shape index (κ2) is 10.4. The zero-order valence-corrected chi connectivity index (χ0v) is 19.7. The van der Waals surface area contributed by atoms with Gasteiger partial charge in [-0.3, -0.25) is 9.59 Å². The van der Waals surface area contributed by atoms with E-state index in [4.69, 9.17) is 9.47 Å². The predicted octanol–water partition coefficient (Wildman–Crippen LogP) is 3.17. The number of hydrogen-bond acceptors (Lipinski definition) is 8. The summed E-state index contributed by atoms with van der Waals surface area (Å²) in [6.45, 7) is 5.39. The number of thiophene rings is 1. The average Bonchev–Trinajstić information content (AvgIpc) is 3.16. The van der Waals surface area contributed by atoms with E-state index in [2.05, 4.69) is 10.4 Å². The average molecular weight is 472 g/mol. The van der Waals surface area contributed by atoms with E-state index in [1.165, 1.54) is 18.4 Å². The van der Waals surface area contributed by atoms with Crippen LogP contribution in [0, 0.1) is 5.92 Å². The minimum atomic E-state index is -0.839. The second-order valence-electron chi connectivity index (χ2n) is 7.73. The summed E-state index contributed by atoms with van der Waals surface area (Å²) < 4.78 is 11.3. The summed E-state index contributed by atoms with van der Waals surface area (Å²) in [4.78, 5) is 49.8. The summed E-state index contributed by atoms with van der Waals surface area (Å²) in [6.07, 6.45) is 0.654. The number of carbonyl (C=O) groups excluding carboxylic acids is 3. The molecule has 0 aliphatic carbocycles. The molecule has 2 heterocycles. The highest BCUT2D eigenvalue weighted by Gasteiger charge is 2.23. The van der Waals surface area contributed by atoms with E-state index in [0.29, 0.717) is 33.7 Å². The van der Waals surface area contributed by atoms with Crippen molar-refractivity contribution in [2.45, 2.75) is 27.2 Å². The van der Waals surface area contributed by atoms with Crippen LogP contribution < -0.4 is 10.9 Å². The summed E-state index contributed by atoms with van der Waals surface area (Å²) in [5.41, 5.74) is 0.701. The van der Waals surface area contributed by atoms with Crippen LogP contribution in [-0.2, 0) is 27.7 Å². The molecule has 0 bridgehead atoms. The minimum absolute atomic E-state index is 0.0666. The fourth-order valence-corrected chi connectivity index (χ4v) is 4.29. The number of aromatic nitrogens is 2. The molecule has 0 fully saturated rings. The van der Waals surface area contributed by atoms with E-state index >= 15 is 0 Å². The molecule has 33 heavy (non-hydrogen) atoms. The lowest BCUT2D eigenvalue weighted by atomic mass is 10.0. The lowest BCUT2D eigenvalue weighted by Gasteiger charge is -2.10. The minimum Gasteiger partial charge on any atom is -0.462 e. The lowest BCUT2D eigenvalue weighted by Crippen LogP contribution is -2.26. The second-order valence-corrected chi connectivity index (χ2v) is 8.61. The van der Waals surface area contributed by atoms with E-state index < -0.39 is 24.5 Å². The molecule has 3 rings (SSSR count). The van der Waals surface area contributed by atoms with Crippen molar-refractivity contribution in [2.24, 2.45) is 13.0 Å². The van der Waals surface area contributed by atoms with Crippen molar-refractivity contribution < 1.29 is 23.9 Å². The summed E-state index contributed by atoms with van der Waals surface area (Å²) in [5, 5.41) is 9.44. The van der Waals surface area contributed by atoms with Crippen molar-refractivity contribution in [3.63, 3.8) is 0 Å². The smallest absolute Gasteiger partial charge is 0.359 e. The first kappa shape index (κ1) is 24.1. The Bertz CT molecular complexity index is 1260. The van der Waals surface area contributed by atoms with E-state index in [0.717, 1.165) is 10.2 Å². The van der Waals surface area contributed by atoms with Crippen molar-refractivity contribution in [3.05, 3.63) is 56.8 Å². The molecule has 0 spiro atoms. The summed E-state index contributed by atoms with van der Waals surface area (Å²) >= 11 is 1.21. The van der Waals surface area contributed by atoms with Gasteiger partial charge >= 0.3 is 11.9 Å². The number of carbonyl (C=O) groups is 3. The third kappa shape index (κ3) is 5.46. The molecule has 0 unspecified atom stereocenters. The fourth-order valence-electron chi connectivity index (χ4n) is 3.32. The largest absolute Gasteiger partial charge is 0.462 e. The molecular weight excluding hydrogens is 446 g/mol. The summed E-state index contributed by atoms with van der Waals surface area (Å²) in [7, 11) is 1.43. The number of hydrogen-bond donors (Lipinski definition) is 1. The van der Waals surface area contributed by atoms with Crippen LogP contribution in [0.25, 0.3) is 10.8 Å². The van der Waals surface area contributed by atoms with Crippen LogP contribution in [0.1, 0.15) is 47.2 Å². The molecule has 0 radical (unpaired) electrons.